The predicted octanol–water partition coefficient (Wildman–Crippen LogP) is 0.239. The number of thiol groups is 1. The molecule has 0 saturated carbocycles. The van der Waals surface area contributed by atoms with Gasteiger partial charge in [-0.05, 0) is 6.92 Å². The minimum atomic E-state index is -0.736. The molecule has 0 heterocycles. The average molecular weight is 228 g/mol. The lowest BCUT2D eigenvalue weighted by Crippen LogP contribution is -2.53. The lowest BCUT2D eigenvalue weighted by atomic mass is 10.3. The summed E-state index contributed by atoms with van der Waals surface area (Å²) in [5.74, 6) is -0.736. The van der Waals surface area contributed by atoms with E-state index in [0.29, 0.717) is 0 Å². The third kappa shape index (κ3) is 2.18. The van der Waals surface area contributed by atoms with Crippen LogP contribution in [0.5, 0.6) is 0 Å². The van der Waals surface area contributed by atoms with Crippen LogP contribution in [0, 0.1) is 0 Å². The van der Waals surface area contributed by atoms with Crippen LogP contribution in [0.15, 0.2) is 0 Å². The number of rotatable bonds is 5. The lowest BCUT2D eigenvalue weighted by Gasteiger charge is -2.41. The van der Waals surface area contributed by atoms with Crippen LogP contribution in [0.25, 0.3) is 0 Å². The van der Waals surface area contributed by atoms with Crippen molar-refractivity contribution in [3.05, 3.63) is 0 Å². The van der Waals surface area contributed by atoms with Crippen molar-refractivity contribution >= 4 is 32.7 Å². The summed E-state index contributed by atoms with van der Waals surface area (Å²) in [6, 6.07) is 0. The maximum Gasteiger partial charge on any atom is 0.200 e. The quantitative estimate of drug-likeness (QED) is 0.316. The van der Waals surface area contributed by atoms with Gasteiger partial charge in [-0.15, -0.1) is 11.7 Å². The van der Waals surface area contributed by atoms with Crippen LogP contribution < -0.4 is 0 Å². The first-order valence-corrected chi connectivity index (χ1v) is 6.34. The second kappa shape index (κ2) is 4.87. The van der Waals surface area contributed by atoms with E-state index in [0.717, 1.165) is 10.2 Å². The van der Waals surface area contributed by atoms with Gasteiger partial charge in [-0.1, -0.05) is 10.8 Å². The van der Waals surface area contributed by atoms with E-state index >= 15 is 0 Å². The summed E-state index contributed by atoms with van der Waals surface area (Å²) >= 11 is 4.15. The van der Waals surface area contributed by atoms with Crippen molar-refractivity contribution in [2.45, 2.75) is 17.3 Å². The van der Waals surface area contributed by atoms with Crippen molar-refractivity contribution < 1.29 is 14.2 Å². The van der Waals surface area contributed by atoms with Crippen molar-refractivity contribution in [2.24, 2.45) is 0 Å². The minimum Gasteiger partial charge on any atom is -0.366 e. The Labute approximate surface area is 85.8 Å². The number of methoxy groups -OCH3 is 3. The van der Waals surface area contributed by atoms with Gasteiger partial charge < -0.3 is 14.2 Å². The van der Waals surface area contributed by atoms with Gasteiger partial charge in [0.05, 0.1) is 10.2 Å². The first-order chi connectivity index (χ1) is 5.49. The summed E-state index contributed by atoms with van der Waals surface area (Å²) in [5.41, 5.74) is 0. The average Bonchev–Trinajstić information content (AvgIpc) is 2.15. The molecule has 0 rings (SSSR count). The molecule has 0 aliphatic heterocycles. The molecule has 0 amide bonds. The van der Waals surface area contributed by atoms with Crippen LogP contribution in [0.3, 0.4) is 0 Å². The third-order valence-electron chi connectivity index (χ3n) is 2.17. The van der Waals surface area contributed by atoms with E-state index in [1.165, 1.54) is 10.8 Å². The Hall–Kier alpha value is 0.797. The first kappa shape index (κ1) is 12.8. The molecule has 0 fully saturated rings. The van der Waals surface area contributed by atoms with Crippen LogP contribution in [0.4, 0.5) is 0 Å². The molecular weight excluding hydrogens is 212 g/mol. The predicted molar refractivity (Wildman–Crippen MR) is 58.7 cm³/mol. The van der Waals surface area contributed by atoms with E-state index in [1.54, 1.807) is 21.3 Å². The zero-order valence-corrected chi connectivity index (χ0v) is 11.8. The Bertz CT molecular complexity index is 121. The minimum absolute atomic E-state index is 0.486. The van der Waals surface area contributed by atoms with Gasteiger partial charge in [-0.3, -0.25) is 0 Å². The summed E-state index contributed by atoms with van der Waals surface area (Å²) in [6.45, 7) is 1.84. The SMILES string of the molecule is COC(C)(OC)C([SiH3])(OC)SS. The molecule has 0 aliphatic rings. The van der Waals surface area contributed by atoms with Gasteiger partial charge in [0.25, 0.3) is 0 Å². The van der Waals surface area contributed by atoms with Crippen LogP contribution in [-0.2, 0) is 14.2 Å². The lowest BCUT2D eigenvalue weighted by molar-refractivity contribution is -0.242. The largest absolute Gasteiger partial charge is 0.366 e. The van der Waals surface area contributed by atoms with Gasteiger partial charge in [0.15, 0.2) is 10.3 Å². The van der Waals surface area contributed by atoms with E-state index in [2.05, 4.69) is 11.7 Å². The van der Waals surface area contributed by atoms with Crippen LogP contribution in [-0.4, -0.2) is 41.9 Å². The highest BCUT2D eigenvalue weighted by Crippen LogP contribution is 2.38. The molecule has 0 bridgehead atoms. The molecule has 3 nitrogen and oxygen atoms in total. The van der Waals surface area contributed by atoms with E-state index < -0.39 is 10.3 Å². The van der Waals surface area contributed by atoms with Crippen molar-refractivity contribution in [3.63, 3.8) is 0 Å². The van der Waals surface area contributed by atoms with Gasteiger partial charge in [0, 0.05) is 21.3 Å². The highest BCUT2D eigenvalue weighted by Gasteiger charge is 2.46. The fourth-order valence-corrected chi connectivity index (χ4v) is 2.30. The number of hydrogen-bond donors (Lipinski definition) is 1. The summed E-state index contributed by atoms with van der Waals surface area (Å²) in [7, 11) is 6.90. The molecule has 1 unspecified atom stereocenters. The highest BCUT2D eigenvalue weighted by atomic mass is 33.1. The highest BCUT2D eigenvalue weighted by molar-refractivity contribution is 8.69. The topological polar surface area (TPSA) is 27.7 Å². The molecule has 1 atom stereocenters. The van der Waals surface area contributed by atoms with E-state index in [-0.39, 0.29) is 0 Å². The van der Waals surface area contributed by atoms with Gasteiger partial charge in [-0.2, -0.15) is 0 Å². The molecule has 0 N–H and O–H groups in total. The third-order valence-corrected chi connectivity index (χ3v) is 7.06. The zero-order valence-electron chi connectivity index (χ0n) is 8.08. The number of hydrogen-bond acceptors (Lipinski definition) is 5. The maximum atomic E-state index is 5.33. The van der Waals surface area contributed by atoms with Crippen LogP contribution in [0.2, 0.25) is 0 Å². The molecule has 0 aromatic rings. The monoisotopic (exact) mass is 228 g/mol. The second-order valence-electron chi connectivity index (χ2n) is 2.60. The van der Waals surface area contributed by atoms with E-state index in [4.69, 9.17) is 14.2 Å². The molecule has 0 aliphatic carbocycles. The molecular formula is C6H16O3S2Si. The second-order valence-corrected chi connectivity index (χ2v) is 6.24. The molecule has 0 radical (unpaired) electrons. The summed E-state index contributed by atoms with van der Waals surface area (Å²) < 4.78 is 15.3. The van der Waals surface area contributed by atoms with Gasteiger partial charge in [-0.25, -0.2) is 0 Å². The normalized spacial score (nSPS) is 17.8. The Morgan fingerprint density at radius 1 is 1.17 bits per heavy atom. The van der Waals surface area contributed by atoms with Crippen molar-refractivity contribution in [3.8, 4) is 0 Å². The molecule has 0 aromatic heterocycles. The zero-order chi connectivity index (χ0) is 9.83. The first-order valence-electron chi connectivity index (χ1n) is 3.47. The van der Waals surface area contributed by atoms with Crippen molar-refractivity contribution in [2.75, 3.05) is 21.3 Å². The van der Waals surface area contributed by atoms with E-state index in [1.807, 2.05) is 6.92 Å². The molecule has 0 aromatic carbocycles. The van der Waals surface area contributed by atoms with Gasteiger partial charge in [0.2, 0.25) is 0 Å². The Kier molecular flexibility index (Phi) is 5.20. The molecule has 12 heavy (non-hydrogen) atoms. The number of ether oxygens (including phenoxy) is 3. The van der Waals surface area contributed by atoms with Gasteiger partial charge in [0.1, 0.15) is 0 Å². The molecule has 0 saturated heterocycles. The Balaban J connectivity index is 4.66. The maximum absolute atomic E-state index is 5.33. The van der Waals surface area contributed by atoms with Gasteiger partial charge >= 0.3 is 0 Å². The van der Waals surface area contributed by atoms with Crippen molar-refractivity contribution in [1.82, 2.24) is 0 Å². The standard InChI is InChI=1S/C6H16O3S2Si/c1-5(7-2,8-3)6(12,9-4)11-10/h10H,1-4,12H3. The smallest absolute Gasteiger partial charge is 0.200 e. The van der Waals surface area contributed by atoms with Crippen LogP contribution >= 0.6 is 22.5 Å². The molecule has 74 valence electrons. The summed E-state index contributed by atoms with van der Waals surface area (Å²) in [4.78, 5) is 0. The summed E-state index contributed by atoms with van der Waals surface area (Å²) in [6.07, 6.45) is 0. The summed E-state index contributed by atoms with van der Waals surface area (Å²) in [5, 5.41) is 0. The molecule has 0 spiro atoms. The fraction of sp³-hybridized carbons (Fsp3) is 1.00. The Morgan fingerprint density at radius 3 is 1.67 bits per heavy atom. The molecule has 6 heteroatoms. The Morgan fingerprint density at radius 2 is 1.58 bits per heavy atom. The van der Waals surface area contributed by atoms with Crippen molar-refractivity contribution in [1.29, 1.82) is 0 Å². The van der Waals surface area contributed by atoms with Crippen LogP contribution in [0.1, 0.15) is 6.92 Å². The van der Waals surface area contributed by atoms with E-state index in [9.17, 15) is 0 Å². The fourth-order valence-electron chi connectivity index (χ4n) is 0.760.